The third-order valence-electron chi connectivity index (χ3n) is 5.98. The van der Waals surface area contributed by atoms with Crippen molar-refractivity contribution in [2.75, 3.05) is 7.11 Å². The molecule has 0 amide bonds. The first-order chi connectivity index (χ1) is 15.6. The van der Waals surface area contributed by atoms with Crippen LogP contribution in [0.15, 0.2) is 78.9 Å². The zero-order valence-electron chi connectivity index (χ0n) is 20.1. The Labute approximate surface area is 196 Å². The lowest BCUT2D eigenvalue weighted by Crippen LogP contribution is -2.36. The molecule has 0 aliphatic heterocycles. The van der Waals surface area contributed by atoms with Gasteiger partial charge in [0.2, 0.25) is 0 Å². The van der Waals surface area contributed by atoms with Crippen LogP contribution in [0.2, 0.25) is 0 Å². The van der Waals surface area contributed by atoms with Crippen LogP contribution in [0.1, 0.15) is 60.3 Å². The highest BCUT2D eigenvalue weighted by atomic mass is 16.5. The van der Waals surface area contributed by atoms with Gasteiger partial charge < -0.3 is 9.47 Å². The van der Waals surface area contributed by atoms with Gasteiger partial charge in [-0.05, 0) is 53.1 Å². The van der Waals surface area contributed by atoms with Gasteiger partial charge in [0.25, 0.3) is 0 Å². The maximum absolute atomic E-state index is 13.5. The van der Waals surface area contributed by atoms with Crippen LogP contribution in [-0.4, -0.2) is 19.0 Å². The minimum Gasteiger partial charge on any atom is -0.465 e. The average Bonchev–Trinajstić information content (AvgIpc) is 2.82. The highest BCUT2D eigenvalue weighted by Crippen LogP contribution is 2.32. The molecule has 4 heteroatoms. The molecular formula is C29H32O4. The van der Waals surface area contributed by atoms with E-state index in [1.807, 2.05) is 61.5 Å². The zero-order chi connectivity index (χ0) is 24.1. The summed E-state index contributed by atoms with van der Waals surface area (Å²) < 4.78 is 10.6. The Morgan fingerprint density at radius 1 is 0.727 bits per heavy atom. The second-order valence-electron chi connectivity index (χ2n) is 9.59. The summed E-state index contributed by atoms with van der Waals surface area (Å²) in [5.74, 6) is -0.670. The summed E-state index contributed by atoms with van der Waals surface area (Å²) in [4.78, 5) is 25.2. The Hall–Kier alpha value is -3.40. The first-order valence-electron chi connectivity index (χ1n) is 11.1. The van der Waals surface area contributed by atoms with Crippen molar-refractivity contribution in [3.8, 4) is 0 Å². The Morgan fingerprint density at radius 2 is 1.30 bits per heavy atom. The van der Waals surface area contributed by atoms with Crippen molar-refractivity contribution in [3.63, 3.8) is 0 Å². The predicted octanol–water partition coefficient (Wildman–Crippen LogP) is 6.01. The lowest BCUT2D eigenvalue weighted by molar-refractivity contribution is -0.151. The smallest absolute Gasteiger partial charge is 0.337 e. The monoisotopic (exact) mass is 444 g/mol. The molecule has 3 rings (SSSR count). The molecule has 33 heavy (non-hydrogen) atoms. The van der Waals surface area contributed by atoms with E-state index >= 15 is 0 Å². The number of carbonyl (C=O) groups excluding carboxylic acids is 2. The van der Waals surface area contributed by atoms with Crippen molar-refractivity contribution < 1.29 is 19.1 Å². The number of methoxy groups -OCH3 is 1. The standard InChI is InChI=1S/C29H32O4/c1-28(2,3)24-15-17-25(18-16-24)29(4,27(31)33-20-22-9-7-6-8-10-22)19-21-11-13-23(14-12-21)26(30)32-5/h6-18H,19-20H2,1-5H3. The molecular weight excluding hydrogens is 412 g/mol. The molecule has 0 radical (unpaired) electrons. The molecule has 0 aromatic heterocycles. The van der Waals surface area contributed by atoms with Crippen LogP contribution in [-0.2, 0) is 38.1 Å². The molecule has 0 aliphatic rings. The fourth-order valence-electron chi connectivity index (χ4n) is 3.80. The highest BCUT2D eigenvalue weighted by Gasteiger charge is 2.37. The third-order valence-corrected chi connectivity index (χ3v) is 5.98. The van der Waals surface area contributed by atoms with Crippen molar-refractivity contribution in [2.45, 2.75) is 51.6 Å². The Morgan fingerprint density at radius 3 is 1.85 bits per heavy atom. The van der Waals surface area contributed by atoms with Crippen LogP contribution < -0.4 is 0 Å². The van der Waals surface area contributed by atoms with Crippen molar-refractivity contribution in [1.29, 1.82) is 0 Å². The molecule has 0 aliphatic carbocycles. The summed E-state index contributed by atoms with van der Waals surface area (Å²) in [7, 11) is 1.36. The summed E-state index contributed by atoms with van der Waals surface area (Å²) in [6.07, 6.45) is 0.441. The predicted molar refractivity (Wildman–Crippen MR) is 130 cm³/mol. The van der Waals surface area contributed by atoms with Gasteiger partial charge >= 0.3 is 11.9 Å². The van der Waals surface area contributed by atoms with E-state index in [0.29, 0.717) is 12.0 Å². The number of esters is 2. The number of benzene rings is 3. The third kappa shape index (κ3) is 5.89. The molecule has 4 nitrogen and oxygen atoms in total. The van der Waals surface area contributed by atoms with Crippen LogP contribution in [0.4, 0.5) is 0 Å². The van der Waals surface area contributed by atoms with E-state index in [1.165, 1.54) is 12.7 Å². The van der Waals surface area contributed by atoms with Crippen molar-refractivity contribution in [2.24, 2.45) is 0 Å². The maximum Gasteiger partial charge on any atom is 0.337 e. The maximum atomic E-state index is 13.5. The molecule has 0 bridgehead atoms. The van der Waals surface area contributed by atoms with Crippen LogP contribution in [0.25, 0.3) is 0 Å². The molecule has 0 fully saturated rings. The van der Waals surface area contributed by atoms with E-state index in [1.54, 1.807) is 12.1 Å². The second-order valence-corrected chi connectivity index (χ2v) is 9.59. The first-order valence-corrected chi connectivity index (χ1v) is 11.1. The molecule has 1 unspecified atom stereocenters. The highest BCUT2D eigenvalue weighted by molar-refractivity contribution is 5.89. The summed E-state index contributed by atoms with van der Waals surface area (Å²) in [6.45, 7) is 8.63. The summed E-state index contributed by atoms with van der Waals surface area (Å²) in [5, 5.41) is 0. The van der Waals surface area contributed by atoms with Gasteiger partial charge in [0.05, 0.1) is 18.1 Å². The van der Waals surface area contributed by atoms with Crippen molar-refractivity contribution >= 4 is 11.9 Å². The summed E-state index contributed by atoms with van der Waals surface area (Å²) >= 11 is 0. The molecule has 3 aromatic rings. The molecule has 0 N–H and O–H groups in total. The first kappa shape index (κ1) is 24.2. The van der Waals surface area contributed by atoms with Gasteiger partial charge in [-0.3, -0.25) is 4.79 Å². The Balaban J connectivity index is 1.91. The number of hydrogen-bond donors (Lipinski definition) is 0. The normalized spacial score (nSPS) is 13.1. The van der Waals surface area contributed by atoms with Crippen molar-refractivity contribution in [3.05, 3.63) is 107 Å². The molecule has 3 aromatic carbocycles. The largest absolute Gasteiger partial charge is 0.465 e. The molecule has 0 spiro atoms. The molecule has 0 saturated heterocycles. The van der Waals surface area contributed by atoms with E-state index in [2.05, 4.69) is 32.9 Å². The van der Waals surface area contributed by atoms with Gasteiger partial charge in [0.15, 0.2) is 0 Å². The zero-order valence-corrected chi connectivity index (χ0v) is 20.1. The average molecular weight is 445 g/mol. The summed E-state index contributed by atoms with van der Waals surface area (Å²) in [5.41, 5.74) is 3.58. The molecule has 0 heterocycles. The van der Waals surface area contributed by atoms with Crippen LogP contribution in [0.3, 0.4) is 0 Å². The topological polar surface area (TPSA) is 52.6 Å². The Bertz CT molecular complexity index is 1080. The number of hydrogen-bond acceptors (Lipinski definition) is 4. The SMILES string of the molecule is COC(=O)c1ccc(CC(C)(C(=O)OCc2ccccc2)c2ccc(C(C)(C)C)cc2)cc1. The Kier molecular flexibility index (Phi) is 7.37. The van der Waals surface area contributed by atoms with Gasteiger partial charge in [0, 0.05) is 0 Å². The van der Waals surface area contributed by atoms with Gasteiger partial charge in [-0.15, -0.1) is 0 Å². The fourth-order valence-corrected chi connectivity index (χ4v) is 3.80. The van der Waals surface area contributed by atoms with E-state index in [0.717, 1.165) is 16.7 Å². The molecule has 0 saturated carbocycles. The quantitative estimate of drug-likeness (QED) is 0.419. The van der Waals surface area contributed by atoms with E-state index in [-0.39, 0.29) is 24.0 Å². The number of ether oxygens (including phenoxy) is 2. The number of rotatable bonds is 7. The van der Waals surface area contributed by atoms with Gasteiger partial charge in [-0.2, -0.15) is 0 Å². The molecule has 1 atom stereocenters. The molecule has 172 valence electrons. The number of carbonyl (C=O) groups is 2. The minimum absolute atomic E-state index is 0.0203. The van der Waals surface area contributed by atoms with E-state index in [9.17, 15) is 9.59 Å². The lowest BCUT2D eigenvalue weighted by Gasteiger charge is -2.29. The van der Waals surface area contributed by atoms with Gasteiger partial charge in [-0.25, -0.2) is 4.79 Å². The van der Waals surface area contributed by atoms with E-state index in [4.69, 9.17) is 9.47 Å². The van der Waals surface area contributed by atoms with Gasteiger partial charge in [0.1, 0.15) is 6.61 Å². The fraction of sp³-hybridized carbons (Fsp3) is 0.310. The van der Waals surface area contributed by atoms with E-state index < -0.39 is 5.41 Å². The van der Waals surface area contributed by atoms with Gasteiger partial charge in [-0.1, -0.05) is 87.5 Å². The lowest BCUT2D eigenvalue weighted by atomic mass is 9.76. The summed E-state index contributed by atoms with van der Waals surface area (Å²) in [6, 6.07) is 25.0. The van der Waals surface area contributed by atoms with Crippen molar-refractivity contribution in [1.82, 2.24) is 0 Å². The van der Waals surface area contributed by atoms with Crippen LogP contribution in [0, 0.1) is 0 Å². The second kappa shape index (κ2) is 10.0. The minimum atomic E-state index is -0.891. The van der Waals surface area contributed by atoms with Crippen LogP contribution in [0.5, 0.6) is 0 Å². The van der Waals surface area contributed by atoms with Crippen LogP contribution >= 0.6 is 0 Å².